The Morgan fingerprint density at radius 2 is 1.49 bits per heavy atom. The van der Waals surface area contributed by atoms with E-state index in [0.717, 1.165) is 44.9 Å². The standard InChI is InChI=1S/C36H57N5O6/c1-21(42)24(19-22-16-17-22)37-32(45)26-15-12-18-41(26)33(46)31(36(5,6)7)39-34(47)38-25(23-13-10-9-11-14-23)20-40(8)28-27(35(2,3)4)29(43)30(28)44/h22-26,31H,9-20H2,1-8H3,(H,37,45)(H2,38,39,47). The van der Waals surface area contributed by atoms with E-state index in [4.69, 9.17) is 0 Å². The van der Waals surface area contributed by atoms with E-state index < -0.39 is 45.8 Å². The van der Waals surface area contributed by atoms with E-state index in [-0.39, 0.29) is 29.6 Å². The van der Waals surface area contributed by atoms with Gasteiger partial charge in [0.25, 0.3) is 0 Å². The van der Waals surface area contributed by atoms with Crippen molar-refractivity contribution in [3.8, 4) is 0 Å². The largest absolute Gasteiger partial charge is 0.369 e. The number of nitrogens with one attached hydrogen (secondary N) is 3. The highest BCUT2D eigenvalue weighted by atomic mass is 16.2. The van der Waals surface area contributed by atoms with Crippen LogP contribution in [0, 0.1) is 17.3 Å². The molecule has 1 aliphatic heterocycles. The molecule has 4 amide bonds. The number of likely N-dealkylation sites (N-methyl/N-ethyl adjacent to an activating group) is 1. The fourth-order valence-corrected chi connectivity index (χ4v) is 7.42. The summed E-state index contributed by atoms with van der Waals surface area (Å²) in [5, 5.41) is 9.02. The van der Waals surface area contributed by atoms with E-state index in [1.54, 1.807) is 16.8 Å². The molecule has 0 bridgehead atoms. The van der Waals surface area contributed by atoms with Gasteiger partial charge in [-0.3, -0.25) is 24.0 Å². The lowest BCUT2D eigenvalue weighted by molar-refractivity contribution is -0.142. The molecule has 0 aromatic heterocycles. The van der Waals surface area contributed by atoms with Crippen LogP contribution in [0.2, 0.25) is 0 Å². The van der Waals surface area contributed by atoms with Crippen molar-refractivity contribution in [1.29, 1.82) is 0 Å². The first-order chi connectivity index (χ1) is 21.9. The Hall–Kier alpha value is -3.24. The third-order valence-electron chi connectivity index (χ3n) is 10.3. The molecule has 11 nitrogen and oxygen atoms in total. The summed E-state index contributed by atoms with van der Waals surface area (Å²) in [4.78, 5) is 82.0. The summed E-state index contributed by atoms with van der Waals surface area (Å²) < 4.78 is 0. The number of likely N-dealkylation sites (tertiary alicyclic amines) is 1. The molecule has 4 unspecified atom stereocenters. The predicted molar refractivity (Wildman–Crippen MR) is 183 cm³/mol. The van der Waals surface area contributed by atoms with Gasteiger partial charge in [0.1, 0.15) is 12.1 Å². The molecule has 3 N–H and O–H groups in total. The molecule has 2 saturated carbocycles. The quantitative estimate of drug-likeness (QED) is 0.292. The molecule has 0 spiro atoms. The van der Waals surface area contributed by atoms with Crippen LogP contribution in [0.15, 0.2) is 9.59 Å². The van der Waals surface area contributed by atoms with Gasteiger partial charge in [0, 0.05) is 25.7 Å². The zero-order valence-corrected chi connectivity index (χ0v) is 29.8. The maximum atomic E-state index is 14.1. The first-order valence-corrected chi connectivity index (χ1v) is 17.6. The van der Waals surface area contributed by atoms with Crippen LogP contribution in [-0.4, -0.2) is 72.8 Å². The molecule has 0 radical (unpaired) electrons. The summed E-state index contributed by atoms with van der Waals surface area (Å²) in [6.45, 7) is 13.6. The Bertz CT molecular complexity index is 1390. The summed E-state index contributed by atoms with van der Waals surface area (Å²) in [7, 11) is 1.79. The molecule has 4 rings (SSSR count). The minimum atomic E-state index is -0.906. The number of urea groups is 1. The number of anilines is 1. The number of rotatable bonds is 12. The van der Waals surface area contributed by atoms with E-state index in [1.807, 2.05) is 41.5 Å². The van der Waals surface area contributed by atoms with Gasteiger partial charge in [-0.05, 0) is 61.7 Å². The Balaban J connectivity index is 1.48. The first-order valence-electron chi connectivity index (χ1n) is 17.6. The van der Waals surface area contributed by atoms with Gasteiger partial charge in [0.2, 0.25) is 22.7 Å². The maximum absolute atomic E-state index is 14.1. The number of carbonyl (C=O) groups excluding carboxylic acids is 4. The van der Waals surface area contributed by atoms with Crippen LogP contribution >= 0.6 is 0 Å². The fourth-order valence-electron chi connectivity index (χ4n) is 7.42. The average Bonchev–Trinajstić information content (AvgIpc) is 3.67. The SMILES string of the molecule is CC(=O)C(CC1CC1)NC(=O)C1CCCN1C(=O)C(NC(=O)NC(CN(C)c1c(C(C)(C)C)c(=O)c1=O)C1CCCCC1)C(C)(C)C. The van der Waals surface area contributed by atoms with Gasteiger partial charge in [0.15, 0.2) is 5.78 Å². The molecule has 3 fully saturated rings. The first kappa shape index (κ1) is 36.6. The molecule has 2 aliphatic carbocycles. The average molecular weight is 656 g/mol. The third kappa shape index (κ3) is 8.82. The summed E-state index contributed by atoms with van der Waals surface area (Å²) in [6.07, 6.45) is 9.03. The van der Waals surface area contributed by atoms with Crippen molar-refractivity contribution in [2.75, 3.05) is 25.0 Å². The number of ketones is 1. The highest BCUT2D eigenvalue weighted by Gasteiger charge is 2.43. The molecule has 11 heteroatoms. The van der Waals surface area contributed by atoms with Crippen LogP contribution in [-0.2, 0) is 19.8 Å². The lowest BCUT2D eigenvalue weighted by atomic mass is 9.81. The molecular formula is C36H57N5O6. The monoisotopic (exact) mass is 655 g/mol. The minimum absolute atomic E-state index is 0.0793. The number of Topliss-reactive ketones (excluding diaryl/α,β-unsaturated/α-hetero) is 1. The molecule has 262 valence electrons. The second kappa shape index (κ2) is 14.5. The van der Waals surface area contributed by atoms with E-state index in [9.17, 15) is 28.8 Å². The molecule has 4 atom stereocenters. The number of hydrogen-bond acceptors (Lipinski definition) is 7. The van der Waals surface area contributed by atoms with E-state index in [0.29, 0.717) is 49.5 Å². The highest BCUT2D eigenvalue weighted by molar-refractivity contribution is 5.94. The van der Waals surface area contributed by atoms with Gasteiger partial charge in [-0.25, -0.2) is 4.79 Å². The van der Waals surface area contributed by atoms with Crippen molar-refractivity contribution in [3.05, 3.63) is 26.0 Å². The molecule has 1 saturated heterocycles. The Morgan fingerprint density at radius 1 is 0.851 bits per heavy atom. The molecule has 1 heterocycles. The third-order valence-corrected chi connectivity index (χ3v) is 10.3. The van der Waals surface area contributed by atoms with Crippen molar-refractivity contribution in [1.82, 2.24) is 20.9 Å². The number of amides is 4. The lowest BCUT2D eigenvalue weighted by Crippen LogP contribution is -2.61. The second-order valence-electron chi connectivity index (χ2n) is 16.5. The number of nitrogens with zero attached hydrogens (tertiary/aromatic N) is 2. The summed E-state index contributed by atoms with van der Waals surface area (Å²) in [5.41, 5.74) is -1.14. The molecule has 3 aliphatic rings. The zero-order valence-electron chi connectivity index (χ0n) is 29.8. The molecule has 47 heavy (non-hydrogen) atoms. The summed E-state index contributed by atoms with van der Waals surface area (Å²) in [6, 6.07) is -2.95. The maximum Gasteiger partial charge on any atom is 0.315 e. The fraction of sp³-hybridized carbons (Fsp3) is 0.778. The Kier molecular flexibility index (Phi) is 11.3. The van der Waals surface area contributed by atoms with Crippen LogP contribution in [0.1, 0.15) is 118 Å². The second-order valence-corrected chi connectivity index (χ2v) is 16.5. The van der Waals surface area contributed by atoms with Crippen LogP contribution in [0.4, 0.5) is 10.5 Å². The molecule has 1 aromatic carbocycles. The van der Waals surface area contributed by atoms with Crippen LogP contribution in [0.5, 0.6) is 0 Å². The lowest BCUT2D eigenvalue weighted by Gasteiger charge is -2.38. The van der Waals surface area contributed by atoms with Gasteiger partial charge in [-0.2, -0.15) is 0 Å². The van der Waals surface area contributed by atoms with Crippen LogP contribution < -0.4 is 31.7 Å². The van der Waals surface area contributed by atoms with Crippen LogP contribution in [0.25, 0.3) is 0 Å². The van der Waals surface area contributed by atoms with Gasteiger partial charge < -0.3 is 25.8 Å². The topological polar surface area (TPSA) is 145 Å². The van der Waals surface area contributed by atoms with E-state index in [2.05, 4.69) is 16.0 Å². The van der Waals surface area contributed by atoms with Gasteiger partial charge in [0.05, 0.1) is 17.8 Å². The van der Waals surface area contributed by atoms with E-state index in [1.165, 1.54) is 6.92 Å². The number of carbonyl (C=O) groups is 4. The van der Waals surface area contributed by atoms with Crippen LogP contribution in [0.3, 0.4) is 0 Å². The van der Waals surface area contributed by atoms with Gasteiger partial charge >= 0.3 is 6.03 Å². The Labute approximate surface area is 279 Å². The minimum Gasteiger partial charge on any atom is -0.369 e. The summed E-state index contributed by atoms with van der Waals surface area (Å²) in [5.74, 6) is -0.0742. The summed E-state index contributed by atoms with van der Waals surface area (Å²) >= 11 is 0. The van der Waals surface area contributed by atoms with Gasteiger partial charge in [-0.1, -0.05) is 73.6 Å². The smallest absolute Gasteiger partial charge is 0.315 e. The normalized spacial score (nSPS) is 21.2. The zero-order chi connectivity index (χ0) is 34.8. The molecule has 1 aromatic rings. The van der Waals surface area contributed by atoms with Crippen molar-refractivity contribution in [2.45, 2.75) is 142 Å². The predicted octanol–water partition coefficient (Wildman–Crippen LogP) is 3.54. The van der Waals surface area contributed by atoms with Crippen molar-refractivity contribution >= 4 is 29.3 Å². The van der Waals surface area contributed by atoms with Gasteiger partial charge in [-0.15, -0.1) is 0 Å². The van der Waals surface area contributed by atoms with E-state index >= 15 is 0 Å². The van der Waals surface area contributed by atoms with Crippen molar-refractivity contribution < 1.29 is 19.2 Å². The number of hydrogen-bond donors (Lipinski definition) is 3. The van der Waals surface area contributed by atoms with Crippen molar-refractivity contribution in [3.63, 3.8) is 0 Å². The Morgan fingerprint density at radius 3 is 2.04 bits per heavy atom. The van der Waals surface area contributed by atoms with Crippen molar-refractivity contribution in [2.24, 2.45) is 17.3 Å². The highest BCUT2D eigenvalue weighted by Crippen LogP contribution is 2.34. The molecular weight excluding hydrogens is 598 g/mol.